The van der Waals surface area contributed by atoms with Crippen LogP contribution in [-0.2, 0) is 0 Å². The summed E-state index contributed by atoms with van der Waals surface area (Å²) < 4.78 is 0. The van der Waals surface area contributed by atoms with E-state index in [1.54, 1.807) is 0 Å². The predicted octanol–water partition coefficient (Wildman–Crippen LogP) is 0.843. The molecule has 2 rings (SSSR count). The Morgan fingerprint density at radius 1 is 1.65 bits per heavy atom. The molecule has 0 bridgehead atoms. The summed E-state index contributed by atoms with van der Waals surface area (Å²) in [7, 11) is 0. The average molecular weight is 251 g/mol. The van der Waals surface area contributed by atoms with Gasteiger partial charge in [-0.3, -0.25) is 0 Å². The van der Waals surface area contributed by atoms with Crippen molar-refractivity contribution in [3.8, 4) is 0 Å². The van der Waals surface area contributed by atoms with Gasteiger partial charge in [0.05, 0.1) is 0 Å². The van der Waals surface area contributed by atoms with Crippen molar-refractivity contribution in [1.29, 1.82) is 0 Å². The second-order valence-corrected chi connectivity index (χ2v) is 4.94. The van der Waals surface area contributed by atoms with Crippen molar-refractivity contribution in [3.63, 3.8) is 0 Å². The van der Waals surface area contributed by atoms with Gasteiger partial charge in [0, 0.05) is 36.9 Å². The van der Waals surface area contributed by atoms with Crippen LogP contribution in [0.4, 0.5) is 5.82 Å². The zero-order chi connectivity index (χ0) is 12.4. The molecule has 5 heteroatoms. The normalized spacial score (nSPS) is 19.6. The van der Waals surface area contributed by atoms with Crippen LogP contribution in [0.25, 0.3) is 0 Å². The van der Waals surface area contributed by atoms with Crippen molar-refractivity contribution in [1.82, 2.24) is 4.98 Å². The Kier molecular flexibility index (Phi) is 3.59. The zero-order valence-electron chi connectivity index (χ0n) is 9.89. The fourth-order valence-corrected chi connectivity index (χ4v) is 2.26. The molecule has 3 N–H and O–H groups in total. The van der Waals surface area contributed by atoms with Crippen LogP contribution in [0.5, 0.6) is 0 Å². The number of nitrogens with two attached hydrogens (primary N) is 1. The molecule has 1 aliphatic rings. The molecule has 0 saturated carbocycles. The van der Waals surface area contributed by atoms with Crippen molar-refractivity contribution < 1.29 is 5.11 Å². The summed E-state index contributed by atoms with van der Waals surface area (Å²) in [4.78, 5) is 7.07. The van der Waals surface area contributed by atoms with E-state index in [1.165, 1.54) is 0 Å². The zero-order valence-corrected chi connectivity index (χ0v) is 10.7. The number of anilines is 1. The number of rotatable bonds is 3. The van der Waals surface area contributed by atoms with Gasteiger partial charge >= 0.3 is 0 Å². The summed E-state index contributed by atoms with van der Waals surface area (Å²) in [6.45, 7) is 3.96. The van der Waals surface area contributed by atoms with Crippen LogP contribution < -0.4 is 10.6 Å². The Balaban J connectivity index is 2.24. The maximum absolute atomic E-state index is 9.14. The molecular weight excluding hydrogens is 234 g/mol. The summed E-state index contributed by atoms with van der Waals surface area (Å²) in [6.07, 6.45) is 1.01. The van der Waals surface area contributed by atoms with Crippen molar-refractivity contribution >= 4 is 23.0 Å². The van der Waals surface area contributed by atoms with Gasteiger partial charge in [0.1, 0.15) is 10.8 Å². The lowest BCUT2D eigenvalue weighted by atomic mass is 10.1. The predicted molar refractivity (Wildman–Crippen MR) is 72.3 cm³/mol. The second kappa shape index (κ2) is 4.98. The maximum Gasteiger partial charge on any atom is 0.129 e. The third-order valence-electron chi connectivity index (χ3n) is 3.09. The number of aromatic nitrogens is 1. The molecule has 4 nitrogen and oxygen atoms in total. The Hall–Kier alpha value is -1.20. The summed E-state index contributed by atoms with van der Waals surface area (Å²) in [5, 5.41) is 9.14. The quantitative estimate of drug-likeness (QED) is 0.780. The van der Waals surface area contributed by atoms with E-state index in [0.717, 1.165) is 36.6 Å². The monoisotopic (exact) mass is 251 g/mol. The first-order valence-corrected chi connectivity index (χ1v) is 6.15. The largest absolute Gasteiger partial charge is 0.396 e. The number of nitrogens with zero attached hydrogens (tertiary/aromatic N) is 2. The highest BCUT2D eigenvalue weighted by atomic mass is 32.1. The van der Waals surface area contributed by atoms with Crippen LogP contribution in [0, 0.1) is 12.8 Å². The van der Waals surface area contributed by atoms with Crippen LogP contribution >= 0.6 is 12.2 Å². The first-order chi connectivity index (χ1) is 8.10. The maximum atomic E-state index is 9.14. The van der Waals surface area contributed by atoms with E-state index in [4.69, 9.17) is 23.1 Å². The van der Waals surface area contributed by atoms with Crippen molar-refractivity contribution in [3.05, 3.63) is 23.4 Å². The van der Waals surface area contributed by atoms with E-state index >= 15 is 0 Å². The lowest BCUT2D eigenvalue weighted by molar-refractivity contribution is 0.238. The van der Waals surface area contributed by atoms with Gasteiger partial charge in [-0.15, -0.1) is 0 Å². The van der Waals surface area contributed by atoms with Crippen LogP contribution in [0.2, 0.25) is 0 Å². The number of aliphatic hydroxyl groups excluding tert-OH is 1. The first-order valence-electron chi connectivity index (χ1n) is 5.74. The molecule has 1 saturated heterocycles. The van der Waals surface area contributed by atoms with Crippen molar-refractivity contribution in [2.75, 3.05) is 24.6 Å². The van der Waals surface area contributed by atoms with E-state index in [-0.39, 0.29) is 6.61 Å². The number of thiocarbonyl (C=S) groups is 1. The van der Waals surface area contributed by atoms with E-state index in [9.17, 15) is 0 Å². The van der Waals surface area contributed by atoms with Gasteiger partial charge in [0.15, 0.2) is 0 Å². The first kappa shape index (κ1) is 12.3. The minimum Gasteiger partial charge on any atom is -0.396 e. The molecule has 2 heterocycles. The van der Waals surface area contributed by atoms with Gasteiger partial charge in [-0.2, -0.15) is 0 Å². The fraction of sp³-hybridized carbons (Fsp3) is 0.500. The molecule has 1 unspecified atom stereocenters. The van der Waals surface area contributed by atoms with Crippen LogP contribution in [-0.4, -0.2) is 34.8 Å². The molecule has 1 atom stereocenters. The summed E-state index contributed by atoms with van der Waals surface area (Å²) in [6, 6.07) is 3.82. The fourth-order valence-electron chi connectivity index (χ4n) is 2.15. The number of aryl methyl sites for hydroxylation is 1. The molecule has 1 fully saturated rings. The Bertz CT molecular complexity index is 436. The SMILES string of the molecule is Cc1cc(C(N)=S)cc(N2CCC(CO)C2)n1. The smallest absolute Gasteiger partial charge is 0.129 e. The summed E-state index contributed by atoms with van der Waals surface area (Å²) in [5.74, 6) is 1.26. The minimum atomic E-state index is 0.241. The van der Waals surface area contributed by atoms with Crippen LogP contribution in [0.15, 0.2) is 12.1 Å². The molecule has 92 valence electrons. The van der Waals surface area contributed by atoms with Gasteiger partial charge in [0.2, 0.25) is 0 Å². The molecule has 0 amide bonds. The van der Waals surface area contributed by atoms with Crippen LogP contribution in [0.3, 0.4) is 0 Å². The van der Waals surface area contributed by atoms with Crippen molar-refractivity contribution in [2.45, 2.75) is 13.3 Å². The van der Waals surface area contributed by atoms with E-state index in [1.807, 2.05) is 19.1 Å². The molecule has 0 aliphatic carbocycles. The summed E-state index contributed by atoms with van der Waals surface area (Å²) in [5.41, 5.74) is 7.42. The molecule has 1 aromatic rings. The third-order valence-corrected chi connectivity index (χ3v) is 3.33. The highest BCUT2D eigenvalue weighted by Crippen LogP contribution is 2.23. The number of aliphatic hydroxyl groups is 1. The Morgan fingerprint density at radius 3 is 3.00 bits per heavy atom. The van der Waals surface area contributed by atoms with Gasteiger partial charge in [-0.05, 0) is 25.5 Å². The molecule has 0 spiro atoms. The lowest BCUT2D eigenvalue weighted by Gasteiger charge is -2.18. The Labute approximate surface area is 106 Å². The lowest BCUT2D eigenvalue weighted by Crippen LogP contribution is -2.23. The van der Waals surface area contributed by atoms with Gasteiger partial charge in [0.25, 0.3) is 0 Å². The Morgan fingerprint density at radius 2 is 2.41 bits per heavy atom. The van der Waals surface area contributed by atoms with E-state index in [2.05, 4.69) is 9.88 Å². The second-order valence-electron chi connectivity index (χ2n) is 4.50. The standard InChI is InChI=1S/C12H17N3OS/c1-8-4-10(12(13)17)5-11(14-8)15-3-2-9(6-15)7-16/h4-5,9,16H,2-3,6-7H2,1H3,(H2,13,17). The number of hydrogen-bond acceptors (Lipinski definition) is 4. The summed E-state index contributed by atoms with van der Waals surface area (Å²) >= 11 is 4.99. The molecular formula is C12H17N3OS. The van der Waals surface area contributed by atoms with Crippen LogP contribution in [0.1, 0.15) is 17.7 Å². The minimum absolute atomic E-state index is 0.241. The van der Waals surface area contributed by atoms with E-state index < -0.39 is 0 Å². The molecule has 0 aromatic carbocycles. The highest BCUT2D eigenvalue weighted by Gasteiger charge is 2.23. The third kappa shape index (κ3) is 2.73. The molecule has 1 aromatic heterocycles. The molecule has 0 radical (unpaired) electrons. The molecule has 1 aliphatic heterocycles. The van der Waals surface area contributed by atoms with E-state index in [0.29, 0.717) is 10.9 Å². The highest BCUT2D eigenvalue weighted by molar-refractivity contribution is 7.80. The van der Waals surface area contributed by atoms with Gasteiger partial charge in [-0.25, -0.2) is 4.98 Å². The molecule has 17 heavy (non-hydrogen) atoms. The van der Waals surface area contributed by atoms with Gasteiger partial charge < -0.3 is 15.7 Å². The number of pyridine rings is 1. The average Bonchev–Trinajstić information content (AvgIpc) is 2.76. The topological polar surface area (TPSA) is 62.4 Å². The van der Waals surface area contributed by atoms with Crippen molar-refractivity contribution in [2.24, 2.45) is 11.7 Å². The number of hydrogen-bond donors (Lipinski definition) is 2. The van der Waals surface area contributed by atoms with Gasteiger partial charge in [-0.1, -0.05) is 12.2 Å².